The molecule has 0 bridgehead atoms. The first-order valence-electron chi connectivity index (χ1n) is 5.75. The number of carbonyl (C=O) groups is 2. The van der Waals surface area contributed by atoms with Gasteiger partial charge in [-0.1, -0.05) is 0 Å². The van der Waals surface area contributed by atoms with Crippen molar-refractivity contribution in [2.24, 2.45) is 0 Å². The minimum Gasteiger partial charge on any atom is -0.480 e. The number of nitrogens with zero attached hydrogens (tertiary/aromatic N) is 1. The third kappa shape index (κ3) is 2.38. The predicted molar refractivity (Wildman–Crippen MR) is 61.1 cm³/mol. The zero-order valence-electron chi connectivity index (χ0n) is 10.1. The molecule has 1 unspecified atom stereocenters. The number of methoxy groups -OCH3 is 1. The van der Waals surface area contributed by atoms with E-state index in [2.05, 4.69) is 0 Å². The Morgan fingerprint density at radius 1 is 1.56 bits per heavy atom. The highest BCUT2D eigenvalue weighted by Crippen LogP contribution is 2.21. The van der Waals surface area contributed by atoms with E-state index < -0.39 is 12.0 Å². The summed E-state index contributed by atoms with van der Waals surface area (Å²) in [5.41, 5.74) is 0. The smallest absolute Gasteiger partial charge is 0.326 e. The second-order valence-corrected chi connectivity index (χ2v) is 4.19. The average molecular weight is 253 g/mol. The maximum Gasteiger partial charge on any atom is 0.326 e. The third-order valence-electron chi connectivity index (χ3n) is 2.96. The normalized spacial score (nSPS) is 19.2. The minimum absolute atomic E-state index is 0.162. The maximum absolute atomic E-state index is 12.1. The SMILES string of the molecule is COCc1ccc(C(=O)N2CCCC2C(=O)O)o1. The summed E-state index contributed by atoms with van der Waals surface area (Å²) in [5, 5.41) is 9.02. The molecule has 1 fully saturated rings. The first-order chi connectivity index (χ1) is 8.63. The van der Waals surface area contributed by atoms with Gasteiger partial charge in [0.05, 0.1) is 0 Å². The van der Waals surface area contributed by atoms with Crippen LogP contribution in [0.15, 0.2) is 16.5 Å². The Morgan fingerprint density at radius 2 is 2.33 bits per heavy atom. The Bertz CT molecular complexity index is 453. The first-order valence-corrected chi connectivity index (χ1v) is 5.75. The maximum atomic E-state index is 12.1. The molecule has 18 heavy (non-hydrogen) atoms. The molecule has 1 saturated heterocycles. The van der Waals surface area contributed by atoms with E-state index in [9.17, 15) is 9.59 Å². The fourth-order valence-corrected chi connectivity index (χ4v) is 2.12. The molecule has 2 heterocycles. The molecule has 1 amide bonds. The van der Waals surface area contributed by atoms with E-state index >= 15 is 0 Å². The van der Waals surface area contributed by atoms with Gasteiger partial charge in [0.15, 0.2) is 5.76 Å². The summed E-state index contributed by atoms with van der Waals surface area (Å²) < 4.78 is 10.2. The number of rotatable bonds is 4. The topological polar surface area (TPSA) is 80.0 Å². The highest BCUT2D eigenvalue weighted by molar-refractivity contribution is 5.94. The molecule has 1 aliphatic rings. The Labute approximate surface area is 104 Å². The van der Waals surface area contributed by atoms with E-state index in [0.717, 1.165) is 0 Å². The third-order valence-corrected chi connectivity index (χ3v) is 2.96. The number of carbonyl (C=O) groups excluding carboxylic acids is 1. The van der Waals surface area contributed by atoms with E-state index in [1.807, 2.05) is 0 Å². The molecule has 1 atom stereocenters. The zero-order valence-corrected chi connectivity index (χ0v) is 10.1. The second kappa shape index (κ2) is 5.22. The zero-order chi connectivity index (χ0) is 13.1. The summed E-state index contributed by atoms with van der Waals surface area (Å²) in [5.74, 6) is -0.631. The van der Waals surface area contributed by atoms with Crippen LogP contribution >= 0.6 is 0 Å². The Balaban J connectivity index is 2.12. The summed E-state index contributed by atoms with van der Waals surface area (Å²) in [6.45, 7) is 0.742. The van der Waals surface area contributed by atoms with Crippen LogP contribution in [-0.4, -0.2) is 41.6 Å². The Morgan fingerprint density at radius 3 is 3.00 bits per heavy atom. The summed E-state index contributed by atoms with van der Waals surface area (Å²) in [7, 11) is 1.53. The summed E-state index contributed by atoms with van der Waals surface area (Å²) in [6.07, 6.45) is 1.20. The lowest BCUT2D eigenvalue weighted by molar-refractivity contribution is -0.141. The van der Waals surface area contributed by atoms with Gasteiger partial charge >= 0.3 is 5.97 Å². The lowest BCUT2D eigenvalue weighted by atomic mass is 10.2. The van der Waals surface area contributed by atoms with Gasteiger partial charge < -0.3 is 19.2 Å². The first kappa shape index (κ1) is 12.6. The fourth-order valence-electron chi connectivity index (χ4n) is 2.12. The molecule has 0 aliphatic carbocycles. The van der Waals surface area contributed by atoms with Gasteiger partial charge in [0, 0.05) is 13.7 Å². The van der Waals surface area contributed by atoms with E-state index in [4.69, 9.17) is 14.3 Å². The highest BCUT2D eigenvalue weighted by Gasteiger charge is 2.35. The standard InChI is InChI=1S/C12H15NO5/c1-17-7-8-4-5-10(18-8)11(14)13-6-2-3-9(13)12(15)16/h4-5,9H,2-3,6-7H2,1H3,(H,15,16). The molecular weight excluding hydrogens is 238 g/mol. The van der Waals surface area contributed by atoms with Crippen LogP contribution in [0.1, 0.15) is 29.2 Å². The van der Waals surface area contributed by atoms with Crippen LogP contribution < -0.4 is 0 Å². The molecule has 0 spiro atoms. The Hall–Kier alpha value is -1.82. The van der Waals surface area contributed by atoms with Crippen molar-refractivity contribution in [1.29, 1.82) is 0 Å². The van der Waals surface area contributed by atoms with Gasteiger partial charge in [0.1, 0.15) is 18.4 Å². The van der Waals surface area contributed by atoms with Crippen molar-refractivity contribution in [2.45, 2.75) is 25.5 Å². The summed E-state index contributed by atoms with van der Waals surface area (Å²) in [6, 6.07) is 2.46. The van der Waals surface area contributed by atoms with E-state index in [0.29, 0.717) is 25.1 Å². The molecule has 2 rings (SSSR count). The van der Waals surface area contributed by atoms with Gasteiger partial charge in [-0.25, -0.2) is 4.79 Å². The molecule has 0 radical (unpaired) electrons. The van der Waals surface area contributed by atoms with E-state index in [-0.39, 0.29) is 18.3 Å². The molecule has 6 heteroatoms. The number of aliphatic carboxylic acids is 1. The van der Waals surface area contributed by atoms with Gasteiger partial charge in [-0.15, -0.1) is 0 Å². The van der Waals surface area contributed by atoms with Gasteiger partial charge in [0.25, 0.3) is 5.91 Å². The quantitative estimate of drug-likeness (QED) is 0.869. The number of hydrogen-bond acceptors (Lipinski definition) is 4. The van der Waals surface area contributed by atoms with Gasteiger partial charge in [-0.05, 0) is 25.0 Å². The monoisotopic (exact) mass is 253 g/mol. The van der Waals surface area contributed by atoms with Crippen LogP contribution in [0.25, 0.3) is 0 Å². The number of likely N-dealkylation sites (tertiary alicyclic amines) is 1. The van der Waals surface area contributed by atoms with Crippen LogP contribution in [0.2, 0.25) is 0 Å². The number of carboxylic acid groups (broad SMARTS) is 1. The molecule has 1 N–H and O–H groups in total. The molecule has 1 aromatic rings. The number of furan rings is 1. The summed E-state index contributed by atoms with van der Waals surface area (Å²) in [4.78, 5) is 24.5. The average Bonchev–Trinajstić information content (AvgIpc) is 2.96. The number of amides is 1. The molecule has 0 aromatic carbocycles. The molecule has 98 valence electrons. The fraction of sp³-hybridized carbons (Fsp3) is 0.500. The van der Waals surface area contributed by atoms with Crippen molar-refractivity contribution >= 4 is 11.9 Å². The van der Waals surface area contributed by atoms with Crippen LogP contribution in [0.3, 0.4) is 0 Å². The predicted octanol–water partition coefficient (Wildman–Crippen LogP) is 1.12. The van der Waals surface area contributed by atoms with Crippen molar-refractivity contribution < 1.29 is 23.8 Å². The molecule has 1 aromatic heterocycles. The minimum atomic E-state index is -0.968. The number of hydrogen-bond donors (Lipinski definition) is 1. The van der Waals surface area contributed by atoms with Gasteiger partial charge in [0.2, 0.25) is 0 Å². The lowest BCUT2D eigenvalue weighted by Crippen LogP contribution is -2.40. The van der Waals surface area contributed by atoms with Crippen molar-refractivity contribution in [3.8, 4) is 0 Å². The van der Waals surface area contributed by atoms with Crippen molar-refractivity contribution in [3.05, 3.63) is 23.7 Å². The van der Waals surface area contributed by atoms with E-state index in [1.165, 1.54) is 12.0 Å². The van der Waals surface area contributed by atoms with E-state index in [1.54, 1.807) is 12.1 Å². The highest BCUT2D eigenvalue weighted by atomic mass is 16.5. The van der Waals surface area contributed by atoms with Crippen molar-refractivity contribution in [2.75, 3.05) is 13.7 Å². The lowest BCUT2D eigenvalue weighted by Gasteiger charge is -2.19. The van der Waals surface area contributed by atoms with Crippen molar-refractivity contribution in [1.82, 2.24) is 4.90 Å². The van der Waals surface area contributed by atoms with Gasteiger partial charge in [-0.3, -0.25) is 4.79 Å². The summed E-state index contributed by atoms with van der Waals surface area (Å²) >= 11 is 0. The Kier molecular flexibility index (Phi) is 3.66. The van der Waals surface area contributed by atoms with Crippen LogP contribution in [0.4, 0.5) is 0 Å². The molecule has 0 saturated carbocycles. The largest absolute Gasteiger partial charge is 0.480 e. The van der Waals surface area contributed by atoms with Crippen LogP contribution in [0, 0.1) is 0 Å². The molecule has 1 aliphatic heterocycles. The number of ether oxygens (including phenoxy) is 1. The second-order valence-electron chi connectivity index (χ2n) is 4.19. The van der Waals surface area contributed by atoms with Crippen LogP contribution in [0.5, 0.6) is 0 Å². The number of carboxylic acids is 1. The van der Waals surface area contributed by atoms with Crippen molar-refractivity contribution in [3.63, 3.8) is 0 Å². The molecular formula is C12H15NO5. The van der Waals surface area contributed by atoms with Crippen LogP contribution in [-0.2, 0) is 16.1 Å². The van der Waals surface area contributed by atoms with Gasteiger partial charge in [-0.2, -0.15) is 0 Å². The molecule has 6 nitrogen and oxygen atoms in total.